The molecule has 0 aromatic heterocycles. The Morgan fingerprint density at radius 3 is 1.88 bits per heavy atom. The zero-order valence-corrected chi connectivity index (χ0v) is 26.7. The van der Waals surface area contributed by atoms with Gasteiger partial charge < -0.3 is 24.8 Å². The summed E-state index contributed by atoms with van der Waals surface area (Å²) in [6.45, 7) is 17.6. The van der Waals surface area contributed by atoms with Crippen LogP contribution >= 0.6 is 0 Å². The molecule has 0 N–H and O–H groups in total. The van der Waals surface area contributed by atoms with Crippen molar-refractivity contribution in [2.45, 2.75) is 52.1 Å². The standard InChI is InChI=1S/C28H33Si2.2ClH.Zr/c1-20(21-13-9-8-10-14-21)25-19-26(29(2,3)4)28(30(5,6)7)27(25)24-18-17-22-15-11-12-16-23(22)24;;;/h8-18,24H,1-7H3;2*1H;/q;;;+2/p-2. The van der Waals surface area contributed by atoms with Crippen molar-refractivity contribution in [3.8, 4) is 0 Å². The fourth-order valence-electron chi connectivity index (χ4n) is 5.21. The summed E-state index contributed by atoms with van der Waals surface area (Å²) in [7, 11) is -3.09. The first-order chi connectivity index (χ1) is 14.5. The predicted octanol–water partition coefficient (Wildman–Crippen LogP) is 2.14. The van der Waals surface area contributed by atoms with E-state index in [0.29, 0.717) is 5.92 Å². The van der Waals surface area contributed by atoms with Crippen molar-refractivity contribution in [1.29, 1.82) is 0 Å². The molecule has 2 aliphatic rings. The molecule has 0 aliphatic heterocycles. The molecule has 0 heterocycles. The monoisotopic (exact) mass is 585 g/mol. The van der Waals surface area contributed by atoms with Gasteiger partial charge in [0.2, 0.25) is 0 Å². The van der Waals surface area contributed by atoms with Crippen LogP contribution in [0.2, 0.25) is 39.3 Å². The summed E-state index contributed by atoms with van der Waals surface area (Å²) in [6, 6.07) is 20.0. The van der Waals surface area contributed by atoms with Gasteiger partial charge in [-0.3, -0.25) is 0 Å². The summed E-state index contributed by atoms with van der Waals surface area (Å²) in [5, 5.41) is 3.53. The van der Waals surface area contributed by atoms with E-state index in [4.69, 9.17) is 0 Å². The van der Waals surface area contributed by atoms with Gasteiger partial charge in [-0.2, -0.15) is 0 Å². The molecule has 0 spiro atoms. The third-order valence-corrected chi connectivity index (χ3v) is 12.6. The molecule has 1 atom stereocenters. The molecule has 0 nitrogen and oxygen atoms in total. The van der Waals surface area contributed by atoms with E-state index >= 15 is 0 Å². The van der Waals surface area contributed by atoms with Crippen molar-refractivity contribution in [2.75, 3.05) is 0 Å². The summed E-state index contributed by atoms with van der Waals surface area (Å²) in [5.41, 5.74) is 8.86. The van der Waals surface area contributed by atoms with Gasteiger partial charge in [-0.1, -0.05) is 0 Å². The molecule has 0 bridgehead atoms. The minimum absolute atomic E-state index is 0. The van der Waals surface area contributed by atoms with Crippen LogP contribution in [0.15, 0.2) is 85.5 Å². The van der Waals surface area contributed by atoms with Gasteiger partial charge in [0.05, 0.1) is 0 Å². The fraction of sp³-hybridized carbons (Fsp3) is 0.286. The zero-order valence-electron chi connectivity index (χ0n) is 20.7. The minimum Gasteiger partial charge on any atom is -1.00 e. The largest absolute Gasteiger partial charge is 1.00 e. The van der Waals surface area contributed by atoms with Gasteiger partial charge in [-0.15, -0.1) is 0 Å². The van der Waals surface area contributed by atoms with Crippen LogP contribution in [0.3, 0.4) is 0 Å². The van der Waals surface area contributed by atoms with Crippen LogP contribution in [0.25, 0.3) is 11.6 Å². The van der Waals surface area contributed by atoms with Gasteiger partial charge in [0, 0.05) is 0 Å². The number of fused-ring (bicyclic) bond motifs is 1. The van der Waals surface area contributed by atoms with Crippen LogP contribution in [0, 0.1) is 0 Å². The Labute approximate surface area is 230 Å². The first kappa shape index (κ1) is 28.5. The van der Waals surface area contributed by atoms with E-state index < -0.39 is 16.1 Å². The van der Waals surface area contributed by atoms with Crippen molar-refractivity contribution < 1.29 is 49.5 Å². The minimum atomic E-state index is -1.58. The molecule has 2 aromatic rings. The second-order valence-electron chi connectivity index (χ2n) is 10.9. The SMILES string of the molecule is CC(=C1[C]([Zr+2])=C([Si](C)(C)C)C([Si](C)(C)C)=C1C1C=Cc2ccccc21)c1ccccc1.[Cl-].[Cl-]. The third-order valence-electron chi connectivity index (χ3n) is 6.48. The van der Waals surface area contributed by atoms with E-state index in [9.17, 15) is 0 Å². The third kappa shape index (κ3) is 5.28. The van der Waals surface area contributed by atoms with Crippen LogP contribution < -0.4 is 24.8 Å². The van der Waals surface area contributed by atoms with E-state index in [1.54, 1.807) is 49.5 Å². The normalized spacial score (nSPS) is 19.4. The summed E-state index contributed by atoms with van der Waals surface area (Å²) < 4.78 is 1.64. The zero-order chi connectivity index (χ0) is 22.6. The maximum absolute atomic E-state index is 2.55. The van der Waals surface area contributed by atoms with E-state index in [2.05, 4.69) is 113 Å². The van der Waals surface area contributed by atoms with E-state index in [0.717, 1.165) is 0 Å². The van der Waals surface area contributed by atoms with Crippen LogP contribution in [0.4, 0.5) is 0 Å². The maximum Gasteiger partial charge on any atom is -1.00 e. The average Bonchev–Trinajstić information content (AvgIpc) is 3.26. The molecule has 2 aliphatic carbocycles. The molecule has 2 aromatic carbocycles. The number of halogens is 2. The van der Waals surface area contributed by atoms with Gasteiger partial charge in [0.25, 0.3) is 0 Å². The Morgan fingerprint density at radius 2 is 1.30 bits per heavy atom. The van der Waals surface area contributed by atoms with Crippen LogP contribution in [-0.2, 0) is 24.7 Å². The molecule has 0 saturated heterocycles. The molecule has 4 rings (SSSR count). The number of hydrogen-bond donors (Lipinski definition) is 0. The number of hydrogen-bond acceptors (Lipinski definition) is 0. The van der Waals surface area contributed by atoms with Gasteiger partial charge >= 0.3 is 207 Å². The van der Waals surface area contributed by atoms with Crippen molar-refractivity contribution >= 4 is 27.8 Å². The average molecular weight is 588 g/mol. The Bertz CT molecular complexity index is 1160. The van der Waals surface area contributed by atoms with Gasteiger partial charge in [0.1, 0.15) is 0 Å². The molecular formula is C28H33Cl2Si2Zr. The van der Waals surface area contributed by atoms with Crippen molar-refractivity contribution in [3.63, 3.8) is 0 Å². The summed E-state index contributed by atoms with van der Waals surface area (Å²) in [6.07, 6.45) is 4.81. The van der Waals surface area contributed by atoms with Crippen LogP contribution in [0.1, 0.15) is 29.5 Å². The number of benzene rings is 2. The predicted molar refractivity (Wildman–Crippen MR) is 138 cm³/mol. The van der Waals surface area contributed by atoms with Crippen molar-refractivity contribution in [2.24, 2.45) is 0 Å². The van der Waals surface area contributed by atoms with Crippen LogP contribution in [-0.4, -0.2) is 16.1 Å². The Kier molecular flexibility index (Phi) is 9.08. The summed E-state index contributed by atoms with van der Waals surface area (Å²) >= 11 is 1.56. The fourth-order valence-corrected chi connectivity index (χ4v) is 15.4. The van der Waals surface area contributed by atoms with E-state index in [1.807, 2.05) is 0 Å². The Hall–Kier alpha value is -0.703. The Balaban J connectivity index is 0.00000193. The smallest absolute Gasteiger partial charge is 1.00 e. The molecule has 0 saturated carbocycles. The molecule has 5 heteroatoms. The van der Waals surface area contributed by atoms with Gasteiger partial charge in [0.15, 0.2) is 0 Å². The molecular weight excluding hydrogens is 555 g/mol. The summed E-state index contributed by atoms with van der Waals surface area (Å²) in [4.78, 5) is 0. The van der Waals surface area contributed by atoms with Crippen LogP contribution in [0.5, 0.6) is 0 Å². The molecule has 33 heavy (non-hydrogen) atoms. The Morgan fingerprint density at radius 1 is 0.758 bits per heavy atom. The molecule has 171 valence electrons. The topological polar surface area (TPSA) is 0 Å². The number of rotatable bonds is 4. The maximum atomic E-state index is 2.55. The van der Waals surface area contributed by atoms with E-state index in [1.165, 1.54) is 22.3 Å². The number of allylic oxidation sites excluding steroid dienone is 7. The quantitative estimate of drug-likeness (QED) is 0.481. The summed E-state index contributed by atoms with van der Waals surface area (Å²) in [5.74, 6) is 0.371. The van der Waals surface area contributed by atoms with Crippen molar-refractivity contribution in [3.05, 3.63) is 102 Å². The molecule has 0 fully saturated rings. The second kappa shape index (κ2) is 10.5. The van der Waals surface area contributed by atoms with Gasteiger partial charge in [-0.25, -0.2) is 0 Å². The molecule has 0 radical (unpaired) electrons. The first-order valence-electron chi connectivity index (χ1n) is 11.3. The molecule has 1 unspecified atom stereocenters. The van der Waals surface area contributed by atoms with E-state index in [-0.39, 0.29) is 24.8 Å². The second-order valence-corrected chi connectivity index (χ2v) is 22.1. The van der Waals surface area contributed by atoms with Gasteiger partial charge in [-0.05, 0) is 0 Å². The van der Waals surface area contributed by atoms with Crippen molar-refractivity contribution in [1.82, 2.24) is 0 Å². The molecule has 0 amide bonds. The first-order valence-corrected chi connectivity index (χ1v) is 19.5.